The number of aromatic nitrogens is 1. The van der Waals surface area contributed by atoms with Gasteiger partial charge in [-0.3, -0.25) is 9.98 Å². The summed E-state index contributed by atoms with van der Waals surface area (Å²) >= 11 is 0. The van der Waals surface area contributed by atoms with Crippen molar-refractivity contribution in [2.45, 2.75) is 51.9 Å². The van der Waals surface area contributed by atoms with Gasteiger partial charge < -0.3 is 19.1 Å². The molecule has 0 bridgehead atoms. The Morgan fingerprint density at radius 3 is 2.80 bits per heavy atom. The average molecular weight is 413 g/mol. The Labute approximate surface area is 175 Å². The van der Waals surface area contributed by atoms with E-state index >= 15 is 4.39 Å². The number of morpholine rings is 1. The van der Waals surface area contributed by atoms with Crippen LogP contribution in [0.1, 0.15) is 32.8 Å². The summed E-state index contributed by atoms with van der Waals surface area (Å²) in [7, 11) is 1.96. The molecule has 3 aliphatic rings. The summed E-state index contributed by atoms with van der Waals surface area (Å²) in [6.07, 6.45) is 5.49. The molecular formula is C22H28FN5O2. The minimum Gasteiger partial charge on any atom is -0.372 e. The molecule has 0 amide bonds. The molecule has 160 valence electrons. The first-order chi connectivity index (χ1) is 14.4. The van der Waals surface area contributed by atoms with Crippen LogP contribution in [0.4, 0.5) is 15.9 Å². The number of aliphatic imine (C=N–C) groups is 2. The standard InChI is InChI=1S/C22H28FN5O2/c1-5-6-27(4)21-16-7-15-8-22(10-24-12-25-11-22)20-14(3)29-13(2)9-28(20)18(15)17(23)19(16)30-26-21/h7,10-11,13-14,20H,5-6,8-9,12H2,1-4H3/t13-,14+,20-/m0/s1. The number of hydrogen-bond donors (Lipinski definition) is 0. The average Bonchev–Trinajstić information content (AvgIpc) is 3.12. The molecule has 0 unspecified atom stereocenters. The van der Waals surface area contributed by atoms with Gasteiger partial charge in [0.15, 0.2) is 11.6 Å². The summed E-state index contributed by atoms with van der Waals surface area (Å²) in [6.45, 7) is 8.05. The van der Waals surface area contributed by atoms with E-state index in [2.05, 4.69) is 33.9 Å². The van der Waals surface area contributed by atoms with Crippen molar-refractivity contribution in [1.82, 2.24) is 5.16 Å². The zero-order chi connectivity index (χ0) is 21.0. The van der Waals surface area contributed by atoms with Gasteiger partial charge in [0.05, 0.1) is 34.7 Å². The molecule has 3 aliphatic heterocycles. The van der Waals surface area contributed by atoms with E-state index in [9.17, 15) is 0 Å². The van der Waals surface area contributed by atoms with Crippen LogP contribution in [0.25, 0.3) is 11.0 Å². The summed E-state index contributed by atoms with van der Waals surface area (Å²) in [5.74, 6) is 0.344. The SMILES string of the molecule is CCCN(C)c1noc2c(F)c3c(cc12)CC1(C=NCN=C1)[C@@H]1[C@@H](C)O[C@@H](C)CN31. The van der Waals surface area contributed by atoms with E-state index in [0.717, 1.165) is 23.9 Å². The number of benzene rings is 1. The van der Waals surface area contributed by atoms with Crippen LogP contribution < -0.4 is 9.80 Å². The molecule has 1 spiro atoms. The van der Waals surface area contributed by atoms with Crippen molar-refractivity contribution in [3.63, 3.8) is 0 Å². The summed E-state index contributed by atoms with van der Waals surface area (Å²) < 4.78 is 27.6. The number of fused-ring (bicyclic) bond motifs is 5. The number of rotatable bonds is 3. The predicted octanol–water partition coefficient (Wildman–Crippen LogP) is 3.45. The van der Waals surface area contributed by atoms with Gasteiger partial charge in [-0.15, -0.1) is 0 Å². The topological polar surface area (TPSA) is 66.5 Å². The fourth-order valence-corrected chi connectivity index (χ4v) is 5.50. The van der Waals surface area contributed by atoms with E-state index in [-0.39, 0.29) is 29.7 Å². The Bertz CT molecular complexity index is 1020. The number of anilines is 2. The normalized spacial score (nSPS) is 26.8. The highest BCUT2D eigenvalue weighted by molar-refractivity contribution is 5.97. The van der Waals surface area contributed by atoms with E-state index in [0.29, 0.717) is 31.1 Å². The highest BCUT2D eigenvalue weighted by atomic mass is 19.1. The van der Waals surface area contributed by atoms with Crippen molar-refractivity contribution in [1.29, 1.82) is 0 Å². The van der Waals surface area contributed by atoms with Crippen molar-refractivity contribution in [3.05, 3.63) is 17.4 Å². The second-order valence-electron chi connectivity index (χ2n) is 8.81. The van der Waals surface area contributed by atoms with Crippen molar-refractivity contribution < 1.29 is 13.7 Å². The van der Waals surface area contributed by atoms with E-state index in [1.807, 2.05) is 37.4 Å². The first-order valence-corrected chi connectivity index (χ1v) is 10.7. The minimum absolute atomic E-state index is 0.00668. The molecule has 2 aromatic rings. The summed E-state index contributed by atoms with van der Waals surface area (Å²) in [4.78, 5) is 13.1. The largest absolute Gasteiger partial charge is 0.372 e. The van der Waals surface area contributed by atoms with Crippen molar-refractivity contribution in [3.8, 4) is 0 Å². The quantitative estimate of drug-likeness (QED) is 0.771. The molecule has 1 fully saturated rings. The molecule has 4 heterocycles. The second kappa shape index (κ2) is 7.04. The molecule has 0 N–H and O–H groups in total. The highest BCUT2D eigenvalue weighted by Gasteiger charge is 2.52. The summed E-state index contributed by atoms with van der Waals surface area (Å²) in [5, 5.41) is 4.92. The third-order valence-electron chi connectivity index (χ3n) is 6.50. The Kier molecular flexibility index (Phi) is 4.57. The fraction of sp³-hybridized carbons (Fsp3) is 0.591. The smallest absolute Gasteiger partial charge is 0.206 e. The van der Waals surface area contributed by atoms with Crippen molar-refractivity contribution >= 4 is 34.9 Å². The van der Waals surface area contributed by atoms with Gasteiger partial charge in [0.1, 0.15) is 6.67 Å². The van der Waals surface area contributed by atoms with Crippen LogP contribution in [0.2, 0.25) is 0 Å². The van der Waals surface area contributed by atoms with Gasteiger partial charge in [-0.05, 0) is 38.3 Å². The molecular weight excluding hydrogens is 385 g/mol. The van der Waals surface area contributed by atoms with Crippen LogP contribution in [0.15, 0.2) is 20.6 Å². The second-order valence-corrected chi connectivity index (χ2v) is 8.81. The summed E-state index contributed by atoms with van der Waals surface area (Å²) in [5.41, 5.74) is 1.34. The maximum atomic E-state index is 15.9. The first kappa shape index (κ1) is 19.5. The molecule has 1 aromatic carbocycles. The molecule has 1 saturated heterocycles. The Hall–Kier alpha value is -2.48. The number of hydrogen-bond acceptors (Lipinski definition) is 7. The molecule has 5 rings (SSSR count). The van der Waals surface area contributed by atoms with Gasteiger partial charge in [0, 0.05) is 32.6 Å². The van der Waals surface area contributed by atoms with Crippen LogP contribution in [-0.2, 0) is 11.2 Å². The van der Waals surface area contributed by atoms with E-state index in [1.165, 1.54) is 0 Å². The van der Waals surface area contributed by atoms with E-state index < -0.39 is 5.41 Å². The van der Waals surface area contributed by atoms with Gasteiger partial charge in [0.2, 0.25) is 5.58 Å². The van der Waals surface area contributed by atoms with E-state index in [1.54, 1.807) is 0 Å². The van der Waals surface area contributed by atoms with Gasteiger partial charge in [0.25, 0.3) is 0 Å². The molecule has 1 aromatic heterocycles. The van der Waals surface area contributed by atoms with Crippen LogP contribution >= 0.6 is 0 Å². The summed E-state index contributed by atoms with van der Waals surface area (Å²) in [6, 6.07) is 1.97. The third-order valence-corrected chi connectivity index (χ3v) is 6.50. The molecule has 0 saturated carbocycles. The molecule has 8 heteroatoms. The number of halogens is 1. The lowest BCUT2D eigenvalue weighted by atomic mass is 9.69. The Morgan fingerprint density at radius 1 is 1.30 bits per heavy atom. The van der Waals surface area contributed by atoms with Crippen molar-refractivity contribution in [2.24, 2.45) is 15.4 Å². The van der Waals surface area contributed by atoms with Crippen LogP contribution in [0, 0.1) is 11.2 Å². The monoisotopic (exact) mass is 413 g/mol. The lowest BCUT2D eigenvalue weighted by Crippen LogP contribution is -2.65. The Morgan fingerprint density at radius 2 is 2.07 bits per heavy atom. The van der Waals surface area contributed by atoms with Crippen LogP contribution in [-0.4, -0.2) is 62.6 Å². The van der Waals surface area contributed by atoms with Gasteiger partial charge in [-0.25, -0.2) is 4.39 Å². The maximum Gasteiger partial charge on any atom is 0.206 e. The molecule has 0 aliphatic carbocycles. The molecule has 7 nitrogen and oxygen atoms in total. The molecule has 30 heavy (non-hydrogen) atoms. The van der Waals surface area contributed by atoms with Gasteiger partial charge in [-0.1, -0.05) is 12.1 Å². The highest BCUT2D eigenvalue weighted by Crippen LogP contribution is 2.48. The zero-order valence-electron chi connectivity index (χ0n) is 17.9. The molecule has 0 radical (unpaired) electrons. The van der Waals surface area contributed by atoms with Crippen molar-refractivity contribution in [2.75, 3.05) is 36.6 Å². The van der Waals surface area contributed by atoms with Crippen LogP contribution in [0.3, 0.4) is 0 Å². The lowest BCUT2D eigenvalue weighted by molar-refractivity contribution is -0.0432. The zero-order valence-corrected chi connectivity index (χ0v) is 17.9. The van der Waals surface area contributed by atoms with Gasteiger partial charge >= 0.3 is 0 Å². The van der Waals surface area contributed by atoms with Crippen LogP contribution in [0.5, 0.6) is 0 Å². The molecule has 3 atom stereocenters. The fourth-order valence-electron chi connectivity index (χ4n) is 5.50. The lowest BCUT2D eigenvalue weighted by Gasteiger charge is -2.54. The predicted molar refractivity (Wildman–Crippen MR) is 117 cm³/mol. The first-order valence-electron chi connectivity index (χ1n) is 10.7. The third kappa shape index (κ3) is 2.76. The minimum atomic E-state index is -0.419. The Balaban J connectivity index is 1.71. The maximum absolute atomic E-state index is 15.9. The number of nitrogens with zero attached hydrogens (tertiary/aromatic N) is 5. The number of ether oxygens (including phenoxy) is 1. The van der Waals surface area contributed by atoms with E-state index in [4.69, 9.17) is 9.26 Å². The van der Waals surface area contributed by atoms with Gasteiger partial charge in [-0.2, -0.15) is 0 Å².